The average molecular weight is 259 g/mol. The molecule has 0 radical (unpaired) electrons. The molecule has 2 aromatic rings. The number of nitrogens with one attached hydrogen (secondary N) is 1. The third-order valence-corrected chi connectivity index (χ3v) is 2.41. The second-order valence-electron chi connectivity index (χ2n) is 3.99. The van der Waals surface area contributed by atoms with Crippen molar-refractivity contribution in [3.05, 3.63) is 36.2 Å². The van der Waals surface area contributed by atoms with Gasteiger partial charge >= 0.3 is 0 Å². The van der Waals surface area contributed by atoms with Gasteiger partial charge in [0.1, 0.15) is 12.9 Å². The number of nitrogen functional groups attached to an aromatic ring is 1. The predicted octanol–water partition coefficient (Wildman–Crippen LogP) is 0.702. The minimum atomic E-state index is -0.273. The Balaban J connectivity index is 2.02. The van der Waals surface area contributed by atoms with Gasteiger partial charge in [-0.05, 0) is 19.1 Å². The highest BCUT2D eigenvalue weighted by Crippen LogP contribution is 2.11. The van der Waals surface area contributed by atoms with Gasteiger partial charge in [-0.15, -0.1) is 5.10 Å². The molecule has 1 aromatic carbocycles. The van der Waals surface area contributed by atoms with Gasteiger partial charge in [-0.2, -0.15) is 0 Å². The maximum absolute atomic E-state index is 11.7. The van der Waals surface area contributed by atoms with E-state index in [1.807, 2.05) is 0 Å². The van der Waals surface area contributed by atoms with Crippen molar-refractivity contribution in [1.29, 1.82) is 0 Å². The van der Waals surface area contributed by atoms with Gasteiger partial charge in [0.2, 0.25) is 11.9 Å². The lowest BCUT2D eigenvalue weighted by Crippen LogP contribution is -2.19. The zero-order chi connectivity index (χ0) is 13.8. The summed E-state index contributed by atoms with van der Waals surface area (Å²) in [7, 11) is 0. The summed E-state index contributed by atoms with van der Waals surface area (Å²) in [5.41, 5.74) is 6.45. The summed E-state index contributed by atoms with van der Waals surface area (Å²) in [6.45, 7) is 1.48. The van der Waals surface area contributed by atoms with Gasteiger partial charge in [0.05, 0.1) is 0 Å². The second-order valence-corrected chi connectivity index (χ2v) is 3.99. The molecule has 3 N–H and O–H groups in total. The number of ketones is 1. The Hall–Kier alpha value is -2.70. The number of carbonyl (C=O) groups is 2. The molecular formula is C12H13N5O2. The first kappa shape index (κ1) is 12.7. The Morgan fingerprint density at radius 2 is 2.21 bits per heavy atom. The van der Waals surface area contributed by atoms with Gasteiger partial charge in [-0.1, -0.05) is 12.1 Å². The molecule has 7 nitrogen and oxygen atoms in total. The van der Waals surface area contributed by atoms with Crippen LogP contribution < -0.4 is 11.1 Å². The number of nitrogens with two attached hydrogens (primary N) is 1. The molecule has 1 amide bonds. The number of nitrogens with zero attached hydrogens (tertiary/aromatic N) is 3. The monoisotopic (exact) mass is 259 g/mol. The van der Waals surface area contributed by atoms with Crippen molar-refractivity contribution in [3.63, 3.8) is 0 Å². The quantitative estimate of drug-likeness (QED) is 0.787. The molecule has 7 heteroatoms. The van der Waals surface area contributed by atoms with Crippen molar-refractivity contribution in [2.45, 2.75) is 13.5 Å². The summed E-state index contributed by atoms with van der Waals surface area (Å²) in [6.07, 6.45) is 1.38. The summed E-state index contributed by atoms with van der Waals surface area (Å²) in [5.74, 6) is -0.211. The maximum Gasteiger partial charge on any atom is 0.246 e. The molecule has 0 spiro atoms. The fourth-order valence-electron chi connectivity index (χ4n) is 1.55. The topological polar surface area (TPSA) is 103 Å². The van der Waals surface area contributed by atoms with E-state index in [2.05, 4.69) is 15.4 Å². The van der Waals surface area contributed by atoms with Crippen LogP contribution in [-0.4, -0.2) is 26.5 Å². The van der Waals surface area contributed by atoms with Crippen LogP contribution in [0.4, 0.5) is 11.6 Å². The van der Waals surface area contributed by atoms with Crippen LogP contribution in [0.15, 0.2) is 30.6 Å². The number of carbonyl (C=O) groups excluding carboxylic acids is 2. The van der Waals surface area contributed by atoms with Crippen LogP contribution in [0.25, 0.3) is 0 Å². The first-order valence-electron chi connectivity index (χ1n) is 5.60. The molecule has 0 atom stereocenters. The third kappa shape index (κ3) is 3.38. The highest BCUT2D eigenvalue weighted by atomic mass is 16.2. The normalized spacial score (nSPS) is 10.2. The van der Waals surface area contributed by atoms with Crippen molar-refractivity contribution < 1.29 is 9.59 Å². The minimum absolute atomic E-state index is 0.00843. The SMILES string of the molecule is CC(=O)c1cccc(NC(=O)Cn2cnc(N)n2)c1. The molecule has 19 heavy (non-hydrogen) atoms. The molecule has 0 bridgehead atoms. The highest BCUT2D eigenvalue weighted by molar-refractivity contribution is 5.97. The summed E-state index contributed by atoms with van der Waals surface area (Å²) in [4.78, 5) is 26.7. The minimum Gasteiger partial charge on any atom is -0.367 e. The molecule has 0 unspecified atom stereocenters. The zero-order valence-electron chi connectivity index (χ0n) is 10.3. The van der Waals surface area contributed by atoms with Gasteiger partial charge in [-0.25, -0.2) is 9.67 Å². The van der Waals surface area contributed by atoms with E-state index in [0.29, 0.717) is 11.3 Å². The van der Waals surface area contributed by atoms with Crippen LogP contribution in [-0.2, 0) is 11.3 Å². The molecule has 2 rings (SSSR count). The predicted molar refractivity (Wildman–Crippen MR) is 69.5 cm³/mol. The lowest BCUT2D eigenvalue weighted by molar-refractivity contribution is -0.116. The van der Waals surface area contributed by atoms with Crippen LogP contribution in [0.1, 0.15) is 17.3 Å². The number of Topliss-reactive ketones (excluding diaryl/α,β-unsaturated/α-hetero) is 1. The van der Waals surface area contributed by atoms with E-state index >= 15 is 0 Å². The Morgan fingerprint density at radius 1 is 1.42 bits per heavy atom. The summed E-state index contributed by atoms with van der Waals surface area (Å²) in [6, 6.07) is 6.73. The smallest absolute Gasteiger partial charge is 0.246 e. The lowest BCUT2D eigenvalue weighted by Gasteiger charge is -2.06. The highest BCUT2D eigenvalue weighted by Gasteiger charge is 2.06. The van der Waals surface area contributed by atoms with Crippen molar-refractivity contribution >= 4 is 23.3 Å². The standard InChI is InChI=1S/C12H13N5O2/c1-8(18)9-3-2-4-10(5-9)15-11(19)6-17-7-14-12(13)16-17/h2-5,7H,6H2,1H3,(H2,13,16)(H,15,19). The van der Waals surface area contributed by atoms with E-state index in [-0.39, 0.29) is 24.2 Å². The van der Waals surface area contributed by atoms with E-state index in [4.69, 9.17) is 5.73 Å². The fourth-order valence-corrected chi connectivity index (χ4v) is 1.55. The number of anilines is 2. The van der Waals surface area contributed by atoms with Crippen molar-refractivity contribution in [1.82, 2.24) is 14.8 Å². The Morgan fingerprint density at radius 3 is 2.84 bits per heavy atom. The van der Waals surface area contributed by atoms with E-state index in [1.54, 1.807) is 24.3 Å². The number of amides is 1. The first-order valence-corrected chi connectivity index (χ1v) is 5.60. The van der Waals surface area contributed by atoms with Crippen LogP contribution >= 0.6 is 0 Å². The zero-order valence-corrected chi connectivity index (χ0v) is 10.3. The lowest BCUT2D eigenvalue weighted by atomic mass is 10.1. The Labute approximate surface area is 109 Å². The fraction of sp³-hybridized carbons (Fsp3) is 0.167. The third-order valence-electron chi connectivity index (χ3n) is 2.41. The molecule has 0 fully saturated rings. The number of benzene rings is 1. The van der Waals surface area contributed by atoms with Crippen LogP contribution in [0.3, 0.4) is 0 Å². The molecule has 0 aliphatic heterocycles. The second kappa shape index (κ2) is 5.30. The van der Waals surface area contributed by atoms with Crippen LogP contribution in [0.2, 0.25) is 0 Å². The van der Waals surface area contributed by atoms with Crippen molar-refractivity contribution in [3.8, 4) is 0 Å². The van der Waals surface area contributed by atoms with Gasteiger partial charge in [-0.3, -0.25) is 9.59 Å². The van der Waals surface area contributed by atoms with Gasteiger partial charge < -0.3 is 11.1 Å². The Kier molecular flexibility index (Phi) is 3.56. The molecule has 98 valence electrons. The van der Waals surface area contributed by atoms with E-state index in [1.165, 1.54) is 17.9 Å². The van der Waals surface area contributed by atoms with Gasteiger partial charge in [0, 0.05) is 11.3 Å². The summed E-state index contributed by atoms with van der Waals surface area (Å²) < 4.78 is 1.33. The van der Waals surface area contributed by atoms with E-state index in [9.17, 15) is 9.59 Å². The van der Waals surface area contributed by atoms with Crippen LogP contribution in [0, 0.1) is 0 Å². The molecule has 0 aliphatic carbocycles. The largest absolute Gasteiger partial charge is 0.367 e. The number of hydrogen-bond acceptors (Lipinski definition) is 5. The molecular weight excluding hydrogens is 246 g/mol. The molecule has 0 saturated carbocycles. The average Bonchev–Trinajstić information content (AvgIpc) is 2.74. The Bertz CT molecular complexity index is 620. The van der Waals surface area contributed by atoms with E-state index < -0.39 is 0 Å². The van der Waals surface area contributed by atoms with Crippen molar-refractivity contribution in [2.75, 3.05) is 11.1 Å². The molecule has 0 saturated heterocycles. The number of rotatable bonds is 4. The number of aromatic nitrogens is 3. The summed E-state index contributed by atoms with van der Waals surface area (Å²) >= 11 is 0. The molecule has 1 aromatic heterocycles. The first-order chi connectivity index (χ1) is 9.04. The van der Waals surface area contributed by atoms with Gasteiger partial charge in [0.25, 0.3) is 0 Å². The van der Waals surface area contributed by atoms with Crippen LogP contribution in [0.5, 0.6) is 0 Å². The van der Waals surface area contributed by atoms with E-state index in [0.717, 1.165) is 0 Å². The molecule has 1 heterocycles. The maximum atomic E-state index is 11.7. The summed E-state index contributed by atoms with van der Waals surface area (Å²) in [5, 5.41) is 6.48. The van der Waals surface area contributed by atoms with Crippen molar-refractivity contribution in [2.24, 2.45) is 0 Å². The number of hydrogen-bond donors (Lipinski definition) is 2. The van der Waals surface area contributed by atoms with Gasteiger partial charge in [0.15, 0.2) is 5.78 Å². The molecule has 0 aliphatic rings.